The topological polar surface area (TPSA) is 12.5 Å². The first kappa shape index (κ1) is 13.1. The summed E-state index contributed by atoms with van der Waals surface area (Å²) in [6.45, 7) is 8.78. The molecule has 0 radical (unpaired) electrons. The van der Waals surface area contributed by atoms with E-state index in [1.54, 1.807) is 0 Å². The monoisotopic (exact) mass is 296 g/mol. The third-order valence-electron chi connectivity index (χ3n) is 3.90. The Hall–Kier alpha value is -0.340. The minimum absolute atomic E-state index is 0.467. The number of benzene rings is 1. The summed E-state index contributed by atoms with van der Waals surface area (Å²) in [5.41, 5.74) is 4.18. The Labute approximate surface area is 113 Å². The highest BCUT2D eigenvalue weighted by Crippen LogP contribution is 2.37. The summed E-state index contributed by atoms with van der Waals surface area (Å²) in [5, 5.41) is 0. The van der Waals surface area contributed by atoms with E-state index in [9.17, 15) is 0 Å². The quantitative estimate of drug-likeness (QED) is 0.731. The summed E-state index contributed by atoms with van der Waals surface area (Å²) in [5.74, 6) is 0.610. The lowest BCUT2D eigenvalue weighted by Crippen LogP contribution is -2.04. The van der Waals surface area contributed by atoms with Gasteiger partial charge in [-0.15, -0.1) is 0 Å². The molecule has 0 saturated carbocycles. The Morgan fingerprint density at radius 3 is 2.41 bits per heavy atom. The molecule has 94 valence electrons. The van der Waals surface area contributed by atoms with Crippen LogP contribution in [0.1, 0.15) is 49.3 Å². The van der Waals surface area contributed by atoms with Crippen molar-refractivity contribution in [1.29, 1.82) is 0 Å². The zero-order chi connectivity index (χ0) is 12.6. The predicted octanol–water partition coefficient (Wildman–Crippen LogP) is 4.74. The van der Waals surface area contributed by atoms with Crippen LogP contribution in [-0.2, 0) is 4.74 Å². The fourth-order valence-electron chi connectivity index (χ4n) is 2.39. The average Bonchev–Trinajstić information content (AvgIpc) is 2.97. The van der Waals surface area contributed by atoms with Crippen LogP contribution in [0.4, 0.5) is 0 Å². The summed E-state index contributed by atoms with van der Waals surface area (Å²) in [7, 11) is 0. The van der Waals surface area contributed by atoms with E-state index >= 15 is 0 Å². The first-order chi connectivity index (χ1) is 8.02. The van der Waals surface area contributed by atoms with Crippen molar-refractivity contribution in [2.45, 2.75) is 58.7 Å². The molecule has 1 nitrogen and oxygen atoms in total. The van der Waals surface area contributed by atoms with Crippen molar-refractivity contribution in [3.05, 3.63) is 33.3 Å². The van der Waals surface area contributed by atoms with Gasteiger partial charge < -0.3 is 4.74 Å². The second-order valence-electron chi connectivity index (χ2n) is 5.18. The smallest absolute Gasteiger partial charge is 0.0844 e. The maximum Gasteiger partial charge on any atom is 0.0844 e. The molecule has 1 fully saturated rings. The number of epoxide rings is 1. The standard InChI is InChI=1S/C15H21BrO/c1-5-12(8-15-11(4)17-15)13-6-9(2)10(3)7-14(13)16/h6-7,11-12,15H,5,8H2,1-4H3. The van der Waals surface area contributed by atoms with Gasteiger partial charge in [0.25, 0.3) is 0 Å². The molecule has 1 heterocycles. The van der Waals surface area contributed by atoms with Crippen LogP contribution in [0, 0.1) is 13.8 Å². The first-order valence-corrected chi connectivity index (χ1v) is 7.24. The zero-order valence-corrected chi connectivity index (χ0v) is 12.7. The number of halogens is 1. The summed E-state index contributed by atoms with van der Waals surface area (Å²) in [6, 6.07) is 4.57. The van der Waals surface area contributed by atoms with Crippen molar-refractivity contribution in [1.82, 2.24) is 0 Å². The van der Waals surface area contributed by atoms with E-state index in [0.29, 0.717) is 18.1 Å². The highest BCUT2D eigenvalue weighted by atomic mass is 79.9. The summed E-state index contributed by atoms with van der Waals surface area (Å²) < 4.78 is 6.80. The Balaban J connectivity index is 2.20. The molecule has 1 saturated heterocycles. The molecule has 3 unspecified atom stereocenters. The van der Waals surface area contributed by atoms with Gasteiger partial charge in [-0.1, -0.05) is 28.9 Å². The molecule has 17 heavy (non-hydrogen) atoms. The highest BCUT2D eigenvalue weighted by molar-refractivity contribution is 9.10. The van der Waals surface area contributed by atoms with Crippen molar-refractivity contribution >= 4 is 15.9 Å². The maximum atomic E-state index is 5.55. The molecule has 1 aliphatic heterocycles. The predicted molar refractivity (Wildman–Crippen MR) is 75.6 cm³/mol. The van der Waals surface area contributed by atoms with Crippen molar-refractivity contribution in [3.8, 4) is 0 Å². The van der Waals surface area contributed by atoms with Crippen LogP contribution in [0.5, 0.6) is 0 Å². The lowest BCUT2D eigenvalue weighted by molar-refractivity contribution is 0.357. The molecule has 0 bridgehead atoms. The molecule has 0 aliphatic carbocycles. The Morgan fingerprint density at radius 2 is 1.88 bits per heavy atom. The Kier molecular flexibility index (Phi) is 3.94. The van der Waals surface area contributed by atoms with Crippen LogP contribution in [0.2, 0.25) is 0 Å². The minimum atomic E-state index is 0.467. The zero-order valence-electron chi connectivity index (χ0n) is 11.1. The SMILES string of the molecule is CCC(CC1OC1C)c1cc(C)c(C)cc1Br. The van der Waals surface area contributed by atoms with Crippen molar-refractivity contribution in [2.24, 2.45) is 0 Å². The van der Waals surface area contributed by atoms with Gasteiger partial charge in [0.05, 0.1) is 12.2 Å². The number of hydrogen-bond acceptors (Lipinski definition) is 1. The second kappa shape index (κ2) is 5.11. The van der Waals surface area contributed by atoms with Gasteiger partial charge in [0.2, 0.25) is 0 Å². The van der Waals surface area contributed by atoms with Gasteiger partial charge in [-0.3, -0.25) is 0 Å². The van der Waals surface area contributed by atoms with E-state index in [4.69, 9.17) is 4.74 Å². The lowest BCUT2D eigenvalue weighted by atomic mass is 9.89. The van der Waals surface area contributed by atoms with Crippen LogP contribution < -0.4 is 0 Å². The molecule has 2 heteroatoms. The molecule has 0 amide bonds. The van der Waals surface area contributed by atoms with E-state index in [0.717, 1.165) is 6.42 Å². The van der Waals surface area contributed by atoms with E-state index in [1.807, 2.05) is 0 Å². The lowest BCUT2D eigenvalue weighted by Gasteiger charge is -2.18. The number of rotatable bonds is 4. The fraction of sp³-hybridized carbons (Fsp3) is 0.600. The van der Waals surface area contributed by atoms with Crippen LogP contribution in [0.3, 0.4) is 0 Å². The molecule has 2 rings (SSSR count). The minimum Gasteiger partial charge on any atom is -0.370 e. The van der Waals surface area contributed by atoms with Crippen LogP contribution in [0.15, 0.2) is 16.6 Å². The van der Waals surface area contributed by atoms with Crippen LogP contribution in [0.25, 0.3) is 0 Å². The molecular formula is C15H21BrO. The van der Waals surface area contributed by atoms with E-state index in [1.165, 1.54) is 27.6 Å². The number of hydrogen-bond donors (Lipinski definition) is 0. The van der Waals surface area contributed by atoms with E-state index in [2.05, 4.69) is 55.8 Å². The van der Waals surface area contributed by atoms with Gasteiger partial charge >= 0.3 is 0 Å². The highest BCUT2D eigenvalue weighted by Gasteiger charge is 2.36. The molecule has 0 N–H and O–H groups in total. The van der Waals surface area contributed by atoms with E-state index in [-0.39, 0.29) is 0 Å². The molecule has 3 atom stereocenters. The van der Waals surface area contributed by atoms with E-state index < -0.39 is 0 Å². The summed E-state index contributed by atoms with van der Waals surface area (Å²) in [6.07, 6.45) is 3.27. The van der Waals surface area contributed by atoms with Gasteiger partial charge in [0.15, 0.2) is 0 Å². The van der Waals surface area contributed by atoms with Crippen LogP contribution in [-0.4, -0.2) is 12.2 Å². The fourth-order valence-corrected chi connectivity index (χ4v) is 3.17. The van der Waals surface area contributed by atoms with Crippen LogP contribution >= 0.6 is 15.9 Å². The third-order valence-corrected chi connectivity index (χ3v) is 4.59. The number of aryl methyl sites for hydroxylation is 2. The molecule has 1 aromatic rings. The molecule has 0 spiro atoms. The van der Waals surface area contributed by atoms with Gasteiger partial charge in [0.1, 0.15) is 0 Å². The van der Waals surface area contributed by atoms with Crippen molar-refractivity contribution < 1.29 is 4.74 Å². The summed E-state index contributed by atoms with van der Waals surface area (Å²) >= 11 is 3.71. The third kappa shape index (κ3) is 2.92. The van der Waals surface area contributed by atoms with Gasteiger partial charge in [-0.05, 0) is 62.3 Å². The van der Waals surface area contributed by atoms with Gasteiger partial charge in [-0.25, -0.2) is 0 Å². The second-order valence-corrected chi connectivity index (χ2v) is 6.03. The molecular weight excluding hydrogens is 276 g/mol. The van der Waals surface area contributed by atoms with Gasteiger partial charge in [0, 0.05) is 4.47 Å². The Bertz CT molecular complexity index is 414. The van der Waals surface area contributed by atoms with Crippen molar-refractivity contribution in [3.63, 3.8) is 0 Å². The summed E-state index contributed by atoms with van der Waals surface area (Å²) in [4.78, 5) is 0. The maximum absolute atomic E-state index is 5.55. The first-order valence-electron chi connectivity index (χ1n) is 6.45. The molecule has 0 aromatic heterocycles. The van der Waals surface area contributed by atoms with Gasteiger partial charge in [-0.2, -0.15) is 0 Å². The average molecular weight is 297 g/mol. The normalized spacial score (nSPS) is 24.8. The van der Waals surface area contributed by atoms with Crippen molar-refractivity contribution in [2.75, 3.05) is 0 Å². The largest absolute Gasteiger partial charge is 0.370 e. The Morgan fingerprint density at radius 1 is 1.29 bits per heavy atom. The molecule has 1 aliphatic rings. The molecule has 1 aromatic carbocycles. The number of ether oxygens (including phenoxy) is 1.